The van der Waals surface area contributed by atoms with E-state index in [-0.39, 0.29) is 5.78 Å². The second-order valence-corrected chi connectivity index (χ2v) is 5.21. The summed E-state index contributed by atoms with van der Waals surface area (Å²) in [5.74, 6) is -0.0659. The van der Waals surface area contributed by atoms with Crippen molar-refractivity contribution in [3.05, 3.63) is 63.6 Å². The number of benzene rings is 2. The lowest BCUT2D eigenvalue weighted by atomic mass is 10.0. The molecule has 4 heteroatoms. The first-order valence-corrected chi connectivity index (χ1v) is 6.52. The van der Waals surface area contributed by atoms with Crippen molar-refractivity contribution in [1.82, 2.24) is 0 Å². The molecule has 0 fully saturated rings. The van der Waals surface area contributed by atoms with Gasteiger partial charge in [-0.3, -0.25) is 4.79 Å². The highest BCUT2D eigenvalue weighted by Crippen LogP contribution is 2.24. The number of ketones is 1. The molecule has 98 valence electrons. The molecule has 2 aromatic carbocycles. The van der Waals surface area contributed by atoms with Crippen molar-refractivity contribution in [3.63, 3.8) is 0 Å². The van der Waals surface area contributed by atoms with Crippen LogP contribution in [0.1, 0.15) is 15.9 Å². The number of hydrogen-bond donors (Lipinski definition) is 0. The SMILES string of the molecule is CN(C)c1ccc(C(=O)c2ccc(Cl)c(Cl)c2)cc1. The Balaban J connectivity index is 2.30. The van der Waals surface area contributed by atoms with E-state index in [4.69, 9.17) is 23.2 Å². The second kappa shape index (κ2) is 5.64. The number of nitrogens with zero attached hydrogens (tertiary/aromatic N) is 1. The molecule has 0 saturated carbocycles. The largest absolute Gasteiger partial charge is 0.378 e. The fourth-order valence-electron chi connectivity index (χ4n) is 1.71. The summed E-state index contributed by atoms with van der Waals surface area (Å²) in [7, 11) is 3.91. The summed E-state index contributed by atoms with van der Waals surface area (Å²) in [5.41, 5.74) is 2.21. The van der Waals surface area contributed by atoms with Gasteiger partial charge in [0, 0.05) is 30.9 Å². The summed E-state index contributed by atoms with van der Waals surface area (Å²) in [4.78, 5) is 14.3. The van der Waals surface area contributed by atoms with Gasteiger partial charge in [0.1, 0.15) is 0 Å². The van der Waals surface area contributed by atoms with E-state index in [2.05, 4.69) is 0 Å². The van der Waals surface area contributed by atoms with E-state index in [1.807, 2.05) is 31.1 Å². The van der Waals surface area contributed by atoms with Gasteiger partial charge in [-0.25, -0.2) is 0 Å². The fourth-order valence-corrected chi connectivity index (χ4v) is 2.01. The maximum Gasteiger partial charge on any atom is 0.193 e. The van der Waals surface area contributed by atoms with Crippen LogP contribution in [0.4, 0.5) is 5.69 Å². The van der Waals surface area contributed by atoms with Crippen LogP contribution in [0.5, 0.6) is 0 Å². The zero-order valence-electron chi connectivity index (χ0n) is 10.7. The van der Waals surface area contributed by atoms with Crippen LogP contribution in [0.3, 0.4) is 0 Å². The quantitative estimate of drug-likeness (QED) is 0.787. The number of anilines is 1. The molecule has 0 unspecified atom stereocenters. The highest BCUT2D eigenvalue weighted by molar-refractivity contribution is 6.42. The average molecular weight is 294 g/mol. The van der Waals surface area contributed by atoms with Gasteiger partial charge in [0.15, 0.2) is 5.78 Å². The molecule has 2 aromatic rings. The molecule has 0 atom stereocenters. The van der Waals surface area contributed by atoms with Crippen molar-refractivity contribution in [2.75, 3.05) is 19.0 Å². The van der Waals surface area contributed by atoms with Crippen LogP contribution in [0.2, 0.25) is 10.0 Å². The molecule has 2 nitrogen and oxygen atoms in total. The van der Waals surface area contributed by atoms with Gasteiger partial charge in [-0.1, -0.05) is 23.2 Å². The number of rotatable bonds is 3. The van der Waals surface area contributed by atoms with Crippen molar-refractivity contribution >= 4 is 34.7 Å². The molecule has 0 aromatic heterocycles. The molecule has 0 heterocycles. The molecule has 0 radical (unpaired) electrons. The maximum absolute atomic E-state index is 12.3. The van der Waals surface area contributed by atoms with Crippen LogP contribution in [-0.2, 0) is 0 Å². The van der Waals surface area contributed by atoms with E-state index in [0.29, 0.717) is 21.2 Å². The van der Waals surface area contributed by atoms with Gasteiger partial charge in [-0.15, -0.1) is 0 Å². The summed E-state index contributed by atoms with van der Waals surface area (Å²) in [6.07, 6.45) is 0. The average Bonchev–Trinajstić information content (AvgIpc) is 2.41. The Labute approximate surface area is 122 Å². The first-order chi connectivity index (χ1) is 8.99. The Bertz CT molecular complexity index is 606. The van der Waals surface area contributed by atoms with E-state index in [0.717, 1.165) is 5.69 Å². The minimum atomic E-state index is -0.0659. The van der Waals surface area contributed by atoms with E-state index in [1.165, 1.54) is 0 Å². The third-order valence-electron chi connectivity index (χ3n) is 2.83. The molecule has 0 aliphatic carbocycles. The van der Waals surface area contributed by atoms with Gasteiger partial charge in [0.05, 0.1) is 10.0 Å². The van der Waals surface area contributed by atoms with E-state index < -0.39 is 0 Å². The summed E-state index contributed by atoms with van der Waals surface area (Å²) in [6.45, 7) is 0. The molecule has 0 aliphatic heterocycles. The predicted octanol–water partition coefficient (Wildman–Crippen LogP) is 4.29. The van der Waals surface area contributed by atoms with Gasteiger partial charge in [0.2, 0.25) is 0 Å². The van der Waals surface area contributed by atoms with Gasteiger partial charge >= 0.3 is 0 Å². The lowest BCUT2D eigenvalue weighted by Gasteiger charge is -2.12. The Morgan fingerprint density at radius 2 is 1.47 bits per heavy atom. The van der Waals surface area contributed by atoms with Crippen LogP contribution in [0.15, 0.2) is 42.5 Å². The Morgan fingerprint density at radius 3 is 2.00 bits per heavy atom. The van der Waals surface area contributed by atoms with E-state index in [9.17, 15) is 4.79 Å². The van der Waals surface area contributed by atoms with Crippen LogP contribution in [0.25, 0.3) is 0 Å². The summed E-state index contributed by atoms with van der Waals surface area (Å²) in [5, 5.41) is 0.832. The van der Waals surface area contributed by atoms with Gasteiger partial charge in [0.25, 0.3) is 0 Å². The zero-order chi connectivity index (χ0) is 14.0. The summed E-state index contributed by atoms with van der Waals surface area (Å²) >= 11 is 11.8. The third-order valence-corrected chi connectivity index (χ3v) is 3.57. The summed E-state index contributed by atoms with van der Waals surface area (Å²) < 4.78 is 0. The van der Waals surface area contributed by atoms with Crippen LogP contribution in [0, 0.1) is 0 Å². The van der Waals surface area contributed by atoms with Crippen molar-refractivity contribution in [2.24, 2.45) is 0 Å². The normalized spacial score (nSPS) is 10.3. The van der Waals surface area contributed by atoms with Gasteiger partial charge < -0.3 is 4.90 Å². The smallest absolute Gasteiger partial charge is 0.193 e. The van der Waals surface area contributed by atoms with Crippen molar-refractivity contribution in [1.29, 1.82) is 0 Å². The number of carbonyl (C=O) groups excluding carboxylic acids is 1. The summed E-state index contributed by atoms with van der Waals surface area (Å²) in [6, 6.07) is 12.3. The van der Waals surface area contributed by atoms with Crippen molar-refractivity contribution in [2.45, 2.75) is 0 Å². The molecule has 0 aliphatic rings. The topological polar surface area (TPSA) is 20.3 Å². The third kappa shape index (κ3) is 3.09. The molecule has 0 spiro atoms. The Morgan fingerprint density at radius 1 is 0.895 bits per heavy atom. The van der Waals surface area contributed by atoms with Crippen molar-refractivity contribution in [3.8, 4) is 0 Å². The molecule has 2 rings (SSSR count). The van der Waals surface area contributed by atoms with Crippen molar-refractivity contribution < 1.29 is 4.79 Å². The maximum atomic E-state index is 12.3. The molecule has 0 amide bonds. The highest BCUT2D eigenvalue weighted by Gasteiger charge is 2.11. The standard InChI is InChI=1S/C15H13Cl2NO/c1-18(2)12-6-3-10(4-7-12)15(19)11-5-8-13(16)14(17)9-11/h3-9H,1-2H3. The number of halogens is 2. The van der Waals surface area contributed by atoms with Crippen LogP contribution < -0.4 is 4.90 Å². The Hall–Kier alpha value is -1.51. The molecular weight excluding hydrogens is 281 g/mol. The number of carbonyl (C=O) groups is 1. The van der Waals surface area contributed by atoms with Gasteiger partial charge in [-0.05, 0) is 42.5 Å². The lowest BCUT2D eigenvalue weighted by molar-refractivity contribution is 0.103. The first kappa shape index (κ1) is 13.9. The molecule has 0 bridgehead atoms. The minimum Gasteiger partial charge on any atom is -0.378 e. The zero-order valence-corrected chi connectivity index (χ0v) is 12.2. The second-order valence-electron chi connectivity index (χ2n) is 4.40. The Kier molecular flexibility index (Phi) is 4.13. The lowest BCUT2D eigenvalue weighted by Crippen LogP contribution is -2.09. The van der Waals surface area contributed by atoms with Crippen LogP contribution in [-0.4, -0.2) is 19.9 Å². The molecular formula is C15H13Cl2NO. The predicted molar refractivity (Wildman–Crippen MR) is 80.7 cm³/mol. The fraction of sp³-hybridized carbons (Fsp3) is 0.133. The van der Waals surface area contributed by atoms with Crippen LogP contribution >= 0.6 is 23.2 Å². The minimum absolute atomic E-state index is 0.0659. The van der Waals surface area contributed by atoms with E-state index in [1.54, 1.807) is 30.3 Å². The first-order valence-electron chi connectivity index (χ1n) is 5.76. The molecule has 19 heavy (non-hydrogen) atoms. The van der Waals surface area contributed by atoms with E-state index >= 15 is 0 Å². The monoisotopic (exact) mass is 293 g/mol. The number of hydrogen-bond acceptors (Lipinski definition) is 2. The molecule has 0 N–H and O–H groups in total. The van der Waals surface area contributed by atoms with Gasteiger partial charge in [-0.2, -0.15) is 0 Å². The highest BCUT2D eigenvalue weighted by atomic mass is 35.5. The molecule has 0 saturated heterocycles.